The minimum atomic E-state index is -0.977. The van der Waals surface area contributed by atoms with Crippen LogP contribution in [0.5, 0.6) is 0 Å². The summed E-state index contributed by atoms with van der Waals surface area (Å²) < 4.78 is 5.90. The summed E-state index contributed by atoms with van der Waals surface area (Å²) in [6.07, 6.45) is 3.68. The summed E-state index contributed by atoms with van der Waals surface area (Å²) in [6.45, 7) is 6.50. The maximum absolute atomic E-state index is 11.2. The van der Waals surface area contributed by atoms with Crippen molar-refractivity contribution in [2.24, 2.45) is 0 Å². The summed E-state index contributed by atoms with van der Waals surface area (Å²) in [7, 11) is 0. The fourth-order valence-corrected chi connectivity index (χ4v) is 3.14. The Hall–Kier alpha value is -1.53. The number of hydrogen-bond acceptors (Lipinski definition) is 5. The van der Waals surface area contributed by atoms with E-state index in [0.717, 1.165) is 13.1 Å². The minimum absolute atomic E-state index is 0.0426. The molecule has 2 atom stereocenters. The second-order valence-corrected chi connectivity index (χ2v) is 6.10. The van der Waals surface area contributed by atoms with Crippen molar-refractivity contribution in [2.75, 3.05) is 19.7 Å². The first-order valence-corrected chi connectivity index (χ1v) is 7.52. The molecule has 3 rings (SSSR count). The molecule has 0 aliphatic carbocycles. The molecular formula is C15H21N3O3. The lowest BCUT2D eigenvalue weighted by molar-refractivity contribution is -0.0542. The lowest BCUT2D eigenvalue weighted by Crippen LogP contribution is -2.43. The highest BCUT2D eigenvalue weighted by molar-refractivity contribution is 5.88. The molecular weight excluding hydrogens is 270 g/mol. The first kappa shape index (κ1) is 14.4. The smallest absolute Gasteiger partial charge is 0.339 e. The molecule has 0 spiro atoms. The van der Waals surface area contributed by atoms with E-state index in [-0.39, 0.29) is 17.6 Å². The van der Waals surface area contributed by atoms with Crippen LogP contribution in [0, 0.1) is 0 Å². The van der Waals surface area contributed by atoms with Gasteiger partial charge in [-0.2, -0.15) is 0 Å². The molecule has 1 aromatic rings. The molecule has 0 bridgehead atoms. The number of hydrogen-bond donors (Lipinski definition) is 1. The van der Waals surface area contributed by atoms with E-state index in [0.29, 0.717) is 24.2 Å². The van der Waals surface area contributed by atoms with Crippen molar-refractivity contribution >= 4 is 5.97 Å². The number of aromatic carboxylic acids is 1. The fourth-order valence-electron chi connectivity index (χ4n) is 3.14. The third-order valence-corrected chi connectivity index (χ3v) is 4.29. The molecule has 0 aromatic carbocycles. The summed E-state index contributed by atoms with van der Waals surface area (Å²) >= 11 is 0. The van der Waals surface area contributed by atoms with Crippen molar-refractivity contribution in [2.45, 2.75) is 44.8 Å². The van der Waals surface area contributed by atoms with Crippen LogP contribution >= 0.6 is 0 Å². The quantitative estimate of drug-likeness (QED) is 0.915. The Bertz CT molecular complexity index is 547. The van der Waals surface area contributed by atoms with Gasteiger partial charge in [-0.25, -0.2) is 14.8 Å². The van der Waals surface area contributed by atoms with E-state index in [4.69, 9.17) is 4.74 Å². The summed E-state index contributed by atoms with van der Waals surface area (Å²) in [5.74, 6) is -0.329. The first-order chi connectivity index (χ1) is 10.1. The van der Waals surface area contributed by atoms with E-state index in [9.17, 15) is 9.90 Å². The number of aromatic nitrogens is 2. The van der Waals surface area contributed by atoms with E-state index >= 15 is 0 Å². The van der Waals surface area contributed by atoms with Crippen LogP contribution in [0.4, 0.5) is 0 Å². The second kappa shape index (κ2) is 5.69. The Balaban J connectivity index is 1.85. The van der Waals surface area contributed by atoms with Crippen LogP contribution in [-0.2, 0) is 4.74 Å². The van der Waals surface area contributed by atoms with Crippen molar-refractivity contribution in [3.05, 3.63) is 23.3 Å². The number of ether oxygens (including phenoxy) is 1. The molecule has 3 heterocycles. The molecule has 6 heteroatoms. The Kier molecular flexibility index (Phi) is 3.91. The van der Waals surface area contributed by atoms with Crippen LogP contribution in [0.25, 0.3) is 0 Å². The van der Waals surface area contributed by atoms with Crippen LogP contribution < -0.4 is 0 Å². The Morgan fingerprint density at radius 2 is 2.33 bits per heavy atom. The monoisotopic (exact) mass is 291 g/mol. The van der Waals surface area contributed by atoms with Crippen molar-refractivity contribution in [1.29, 1.82) is 0 Å². The van der Waals surface area contributed by atoms with E-state index in [2.05, 4.69) is 14.9 Å². The van der Waals surface area contributed by atoms with Crippen molar-refractivity contribution in [3.8, 4) is 0 Å². The van der Waals surface area contributed by atoms with Crippen LogP contribution in [0.3, 0.4) is 0 Å². The average molecular weight is 291 g/mol. The number of carboxylic acids is 1. The molecule has 0 radical (unpaired) electrons. The van der Waals surface area contributed by atoms with Crippen molar-refractivity contribution in [3.63, 3.8) is 0 Å². The Morgan fingerprint density at radius 1 is 1.52 bits per heavy atom. The summed E-state index contributed by atoms with van der Waals surface area (Å²) in [5.41, 5.74) is 0.767. The Labute approximate surface area is 124 Å². The van der Waals surface area contributed by atoms with Gasteiger partial charge in [0, 0.05) is 18.8 Å². The predicted octanol–water partition coefficient (Wildman–Crippen LogP) is 1.83. The highest BCUT2D eigenvalue weighted by Gasteiger charge is 2.34. The SMILES string of the molecule is CC(C)c1nc(C2CN3CCCC3CO2)ncc1C(=O)O. The molecule has 6 nitrogen and oxygen atoms in total. The maximum Gasteiger partial charge on any atom is 0.339 e. The summed E-state index contributed by atoms with van der Waals surface area (Å²) in [6, 6.07) is 0.532. The molecule has 0 amide bonds. The number of morpholine rings is 1. The molecule has 0 saturated carbocycles. The van der Waals surface area contributed by atoms with Crippen LogP contribution in [0.1, 0.15) is 60.6 Å². The fraction of sp³-hybridized carbons (Fsp3) is 0.667. The van der Waals surface area contributed by atoms with Gasteiger partial charge >= 0.3 is 5.97 Å². The average Bonchev–Trinajstić information content (AvgIpc) is 2.93. The zero-order valence-corrected chi connectivity index (χ0v) is 12.5. The van der Waals surface area contributed by atoms with Gasteiger partial charge in [0.1, 0.15) is 6.10 Å². The topological polar surface area (TPSA) is 75.5 Å². The number of carboxylic acid groups (broad SMARTS) is 1. The van der Waals surface area contributed by atoms with Gasteiger partial charge in [0.25, 0.3) is 0 Å². The van der Waals surface area contributed by atoms with Gasteiger partial charge in [-0.05, 0) is 25.3 Å². The standard InChI is InChI=1S/C15H21N3O3/c1-9(2)13-11(15(19)20)6-16-14(17-13)12-7-18-5-3-4-10(18)8-21-12/h6,9-10,12H,3-5,7-8H2,1-2H3,(H,19,20). The van der Waals surface area contributed by atoms with E-state index in [1.807, 2.05) is 13.8 Å². The van der Waals surface area contributed by atoms with Gasteiger partial charge in [0.2, 0.25) is 0 Å². The van der Waals surface area contributed by atoms with Gasteiger partial charge < -0.3 is 9.84 Å². The van der Waals surface area contributed by atoms with E-state index in [1.165, 1.54) is 19.0 Å². The summed E-state index contributed by atoms with van der Waals surface area (Å²) in [4.78, 5) is 22.4. The van der Waals surface area contributed by atoms with Crippen LogP contribution in [0.2, 0.25) is 0 Å². The zero-order valence-electron chi connectivity index (χ0n) is 12.5. The molecule has 2 saturated heterocycles. The Morgan fingerprint density at radius 3 is 3.05 bits per heavy atom. The molecule has 2 unspecified atom stereocenters. The van der Waals surface area contributed by atoms with Crippen molar-refractivity contribution < 1.29 is 14.6 Å². The van der Waals surface area contributed by atoms with Gasteiger partial charge in [-0.15, -0.1) is 0 Å². The predicted molar refractivity (Wildman–Crippen MR) is 76.4 cm³/mol. The van der Waals surface area contributed by atoms with Gasteiger partial charge in [-0.1, -0.05) is 13.8 Å². The summed E-state index contributed by atoms with van der Waals surface area (Å²) in [5, 5.41) is 9.22. The molecule has 1 N–H and O–H groups in total. The molecule has 21 heavy (non-hydrogen) atoms. The number of nitrogens with zero attached hydrogens (tertiary/aromatic N) is 3. The van der Waals surface area contributed by atoms with Gasteiger partial charge in [0.15, 0.2) is 5.82 Å². The third kappa shape index (κ3) is 2.78. The highest BCUT2D eigenvalue weighted by atomic mass is 16.5. The molecule has 2 aliphatic rings. The largest absolute Gasteiger partial charge is 0.478 e. The van der Waals surface area contributed by atoms with Crippen molar-refractivity contribution in [1.82, 2.24) is 14.9 Å². The number of carbonyl (C=O) groups is 1. The van der Waals surface area contributed by atoms with Crippen LogP contribution in [0.15, 0.2) is 6.20 Å². The van der Waals surface area contributed by atoms with Crippen LogP contribution in [-0.4, -0.2) is 51.7 Å². The van der Waals surface area contributed by atoms with Gasteiger partial charge in [-0.3, -0.25) is 4.90 Å². The molecule has 114 valence electrons. The van der Waals surface area contributed by atoms with E-state index < -0.39 is 5.97 Å². The number of rotatable bonds is 3. The molecule has 2 fully saturated rings. The number of fused-ring (bicyclic) bond motifs is 1. The van der Waals surface area contributed by atoms with E-state index in [1.54, 1.807) is 0 Å². The minimum Gasteiger partial charge on any atom is -0.478 e. The second-order valence-electron chi connectivity index (χ2n) is 6.10. The van der Waals surface area contributed by atoms with Gasteiger partial charge in [0.05, 0.1) is 17.9 Å². The maximum atomic E-state index is 11.2. The first-order valence-electron chi connectivity index (χ1n) is 7.52. The molecule has 1 aromatic heterocycles. The third-order valence-electron chi connectivity index (χ3n) is 4.29. The lowest BCUT2D eigenvalue weighted by Gasteiger charge is -2.34. The highest BCUT2D eigenvalue weighted by Crippen LogP contribution is 2.29. The lowest BCUT2D eigenvalue weighted by atomic mass is 10.0. The zero-order chi connectivity index (χ0) is 15.0. The molecule has 2 aliphatic heterocycles. The normalized spacial score (nSPS) is 26.0.